The minimum Gasteiger partial charge on any atom is -0.457 e. The zero-order valence-electron chi connectivity index (χ0n) is 13.3. The first-order valence-electron chi connectivity index (χ1n) is 7.81. The largest absolute Gasteiger partial charge is 0.457 e. The van der Waals surface area contributed by atoms with Gasteiger partial charge in [-0.25, -0.2) is 9.80 Å². The fraction of sp³-hybridized carbons (Fsp3) is 0.812. The van der Waals surface area contributed by atoms with Crippen molar-refractivity contribution in [3.8, 4) is 0 Å². The molecule has 1 aliphatic heterocycles. The van der Waals surface area contributed by atoms with E-state index < -0.39 is 0 Å². The molecule has 5 nitrogen and oxygen atoms in total. The molecular formula is C16H24N2O3. The lowest BCUT2D eigenvalue weighted by molar-refractivity contribution is -0.148. The quantitative estimate of drug-likeness (QED) is 0.734. The second-order valence-electron chi connectivity index (χ2n) is 7.47. The lowest BCUT2D eigenvalue weighted by atomic mass is 9.70. The molecule has 1 heterocycles. The van der Waals surface area contributed by atoms with Gasteiger partial charge >= 0.3 is 5.97 Å². The third-order valence-corrected chi connectivity index (χ3v) is 6.41. The Morgan fingerprint density at radius 3 is 2.57 bits per heavy atom. The summed E-state index contributed by atoms with van der Waals surface area (Å²) in [5, 5.41) is 5.29. The lowest BCUT2D eigenvalue weighted by Crippen LogP contribution is -2.40. The van der Waals surface area contributed by atoms with E-state index in [9.17, 15) is 9.59 Å². The van der Waals surface area contributed by atoms with Gasteiger partial charge in [0.15, 0.2) is 0 Å². The molecule has 0 N–H and O–H groups in total. The predicted octanol–water partition coefficient (Wildman–Crippen LogP) is 2.35. The first-order valence-corrected chi connectivity index (χ1v) is 7.81. The van der Waals surface area contributed by atoms with Gasteiger partial charge in [-0.15, -0.1) is 0 Å². The minimum atomic E-state index is -0.344. The van der Waals surface area contributed by atoms with Crippen LogP contribution < -0.4 is 0 Å². The van der Waals surface area contributed by atoms with E-state index in [0.29, 0.717) is 24.5 Å². The number of esters is 1. The molecule has 5 heteroatoms. The van der Waals surface area contributed by atoms with Crippen LogP contribution in [0.1, 0.15) is 52.9 Å². The Labute approximate surface area is 125 Å². The molecule has 0 aromatic rings. The highest BCUT2D eigenvalue weighted by atomic mass is 16.5. The minimum absolute atomic E-state index is 0.0237. The Morgan fingerprint density at radius 1 is 1.33 bits per heavy atom. The first-order chi connectivity index (χ1) is 9.75. The molecule has 21 heavy (non-hydrogen) atoms. The Bertz CT molecular complexity index is 526. The number of amides is 1. The van der Waals surface area contributed by atoms with Crippen LogP contribution in [-0.4, -0.2) is 35.7 Å². The molecule has 3 rings (SSSR count). The summed E-state index contributed by atoms with van der Waals surface area (Å²) in [6.45, 7) is 6.84. The van der Waals surface area contributed by atoms with Gasteiger partial charge in [0.05, 0.1) is 0 Å². The summed E-state index contributed by atoms with van der Waals surface area (Å²) in [6.07, 6.45) is 4.00. The zero-order valence-corrected chi connectivity index (χ0v) is 13.3. The van der Waals surface area contributed by atoms with Crippen molar-refractivity contribution in [2.45, 2.75) is 59.0 Å². The van der Waals surface area contributed by atoms with Gasteiger partial charge in [0.1, 0.15) is 11.8 Å². The molecule has 0 saturated heterocycles. The fourth-order valence-electron chi connectivity index (χ4n) is 4.32. The van der Waals surface area contributed by atoms with E-state index in [2.05, 4.69) is 25.9 Å². The highest BCUT2D eigenvalue weighted by Crippen LogP contribution is 2.66. The van der Waals surface area contributed by atoms with Crippen molar-refractivity contribution in [1.82, 2.24) is 5.01 Å². The number of hydrogen-bond donors (Lipinski definition) is 0. The van der Waals surface area contributed by atoms with Gasteiger partial charge in [-0.1, -0.05) is 20.8 Å². The number of carbonyl (C=O) groups excluding carboxylic acids is 2. The van der Waals surface area contributed by atoms with Gasteiger partial charge in [-0.3, -0.25) is 4.79 Å². The number of carbonyl (C=O) groups is 2. The summed E-state index contributed by atoms with van der Waals surface area (Å²) in [5.41, 5.74) is 0.657. The van der Waals surface area contributed by atoms with E-state index in [0.717, 1.165) is 12.8 Å². The van der Waals surface area contributed by atoms with Crippen LogP contribution in [0.2, 0.25) is 0 Å². The Morgan fingerprint density at radius 2 is 2.05 bits per heavy atom. The molecule has 2 fully saturated rings. The topological polar surface area (TPSA) is 59.0 Å². The second-order valence-corrected chi connectivity index (χ2v) is 7.47. The number of rotatable bonds is 2. The standard InChI is InChI=1S/C16H24N2O3/c1-15(2)10-7-8-16(15,3)12(9-10)21-14(20)11-5-6-13(19)18(4)17-11/h10,12H,5-9H2,1-4H3. The van der Waals surface area contributed by atoms with E-state index in [-0.39, 0.29) is 28.8 Å². The van der Waals surface area contributed by atoms with Gasteiger partial charge in [0.2, 0.25) is 5.91 Å². The van der Waals surface area contributed by atoms with Gasteiger partial charge in [-0.05, 0) is 30.6 Å². The van der Waals surface area contributed by atoms with E-state index in [1.165, 1.54) is 11.4 Å². The van der Waals surface area contributed by atoms with Crippen molar-refractivity contribution in [1.29, 1.82) is 0 Å². The Kier molecular flexibility index (Phi) is 3.15. The summed E-state index contributed by atoms with van der Waals surface area (Å²) in [5.74, 6) is 0.237. The van der Waals surface area contributed by atoms with E-state index >= 15 is 0 Å². The molecule has 3 aliphatic rings. The summed E-state index contributed by atoms with van der Waals surface area (Å²) >= 11 is 0. The molecule has 0 aromatic carbocycles. The molecule has 2 saturated carbocycles. The van der Waals surface area contributed by atoms with Crippen LogP contribution in [0, 0.1) is 16.7 Å². The van der Waals surface area contributed by atoms with E-state index in [4.69, 9.17) is 4.74 Å². The van der Waals surface area contributed by atoms with Gasteiger partial charge in [-0.2, -0.15) is 5.10 Å². The molecule has 2 bridgehead atoms. The number of fused-ring (bicyclic) bond motifs is 2. The lowest BCUT2D eigenvalue weighted by Gasteiger charge is -2.38. The van der Waals surface area contributed by atoms with Crippen LogP contribution in [0.25, 0.3) is 0 Å². The summed E-state index contributed by atoms with van der Waals surface area (Å²) in [6, 6.07) is 0. The maximum atomic E-state index is 12.3. The molecule has 3 atom stereocenters. The van der Waals surface area contributed by atoms with Gasteiger partial charge in [0, 0.05) is 25.3 Å². The molecule has 0 radical (unpaired) electrons. The summed E-state index contributed by atoms with van der Waals surface area (Å²) < 4.78 is 5.80. The third kappa shape index (κ3) is 2.00. The Balaban J connectivity index is 1.73. The predicted molar refractivity (Wildman–Crippen MR) is 78.5 cm³/mol. The van der Waals surface area contributed by atoms with E-state index in [1.54, 1.807) is 7.05 Å². The number of nitrogens with zero attached hydrogens (tertiary/aromatic N) is 2. The van der Waals surface area contributed by atoms with Crippen molar-refractivity contribution in [3.05, 3.63) is 0 Å². The van der Waals surface area contributed by atoms with E-state index in [1.807, 2.05) is 0 Å². The normalized spacial score (nSPS) is 37.6. The summed E-state index contributed by atoms with van der Waals surface area (Å²) in [7, 11) is 1.58. The maximum absolute atomic E-state index is 12.3. The monoisotopic (exact) mass is 292 g/mol. The molecule has 0 aromatic heterocycles. The average Bonchev–Trinajstić information content (AvgIpc) is 2.75. The van der Waals surface area contributed by atoms with Crippen molar-refractivity contribution < 1.29 is 14.3 Å². The summed E-state index contributed by atoms with van der Waals surface area (Å²) in [4.78, 5) is 23.8. The van der Waals surface area contributed by atoms with Crippen LogP contribution >= 0.6 is 0 Å². The maximum Gasteiger partial charge on any atom is 0.354 e. The van der Waals surface area contributed by atoms with Crippen molar-refractivity contribution >= 4 is 17.6 Å². The molecular weight excluding hydrogens is 268 g/mol. The zero-order chi connectivity index (χ0) is 15.4. The SMILES string of the molecule is CN1N=C(C(=O)OC2CC3CCC2(C)C3(C)C)CCC1=O. The molecule has 3 unspecified atom stereocenters. The Hall–Kier alpha value is -1.39. The van der Waals surface area contributed by atoms with Crippen molar-refractivity contribution in [2.75, 3.05) is 7.05 Å². The smallest absolute Gasteiger partial charge is 0.354 e. The number of hydrogen-bond acceptors (Lipinski definition) is 4. The van der Waals surface area contributed by atoms with Gasteiger partial charge in [0.25, 0.3) is 0 Å². The molecule has 0 spiro atoms. The van der Waals surface area contributed by atoms with Crippen molar-refractivity contribution in [2.24, 2.45) is 21.8 Å². The molecule has 116 valence electrons. The van der Waals surface area contributed by atoms with Gasteiger partial charge < -0.3 is 4.74 Å². The average molecular weight is 292 g/mol. The van der Waals surface area contributed by atoms with Crippen molar-refractivity contribution in [3.63, 3.8) is 0 Å². The van der Waals surface area contributed by atoms with Crippen LogP contribution in [0.5, 0.6) is 0 Å². The number of ether oxygens (including phenoxy) is 1. The van der Waals surface area contributed by atoms with Crippen LogP contribution in [0.4, 0.5) is 0 Å². The molecule has 2 aliphatic carbocycles. The highest BCUT2D eigenvalue weighted by Gasteiger charge is 2.63. The first kappa shape index (κ1) is 14.5. The fourth-order valence-corrected chi connectivity index (χ4v) is 4.32. The van der Waals surface area contributed by atoms with Crippen LogP contribution in [0.3, 0.4) is 0 Å². The molecule has 1 amide bonds. The highest BCUT2D eigenvalue weighted by molar-refractivity contribution is 6.37. The van der Waals surface area contributed by atoms with Crippen LogP contribution in [-0.2, 0) is 14.3 Å². The van der Waals surface area contributed by atoms with Crippen LogP contribution in [0.15, 0.2) is 5.10 Å². The third-order valence-electron chi connectivity index (χ3n) is 6.41. The number of hydrazone groups is 1. The second kappa shape index (κ2) is 4.55.